The van der Waals surface area contributed by atoms with E-state index in [-0.39, 0.29) is 39.8 Å². The topological polar surface area (TPSA) is 98.7 Å². The molecule has 3 aliphatic rings. The molecule has 3 N–H and O–H groups in total. The van der Waals surface area contributed by atoms with Crippen LogP contribution in [0.1, 0.15) is 72.4 Å². The van der Waals surface area contributed by atoms with Gasteiger partial charge in [0.1, 0.15) is 6.04 Å². The van der Waals surface area contributed by atoms with Crippen molar-refractivity contribution in [2.45, 2.75) is 93.3 Å². The van der Waals surface area contributed by atoms with Gasteiger partial charge in [-0.05, 0) is 44.1 Å². The van der Waals surface area contributed by atoms with Crippen LogP contribution in [0.4, 0.5) is 0 Å². The number of nitrogens with one attached hydrogen (secondary N) is 2. The first-order valence-electron chi connectivity index (χ1n) is 13.7. The highest BCUT2D eigenvalue weighted by atomic mass is 79.9. The van der Waals surface area contributed by atoms with Crippen molar-refractivity contribution in [3.8, 4) is 0 Å². The second-order valence-corrected chi connectivity index (χ2v) is 15.6. The number of nitrogens with zero attached hydrogens (tertiary/aromatic N) is 1. The van der Waals surface area contributed by atoms with E-state index in [1.165, 1.54) is 0 Å². The number of hydrogen-bond donors (Lipinski definition) is 3. The van der Waals surface area contributed by atoms with Gasteiger partial charge in [0.05, 0.1) is 29.2 Å². The minimum atomic E-state index is -0.810. The third kappa shape index (κ3) is 5.27. The van der Waals surface area contributed by atoms with Crippen molar-refractivity contribution in [1.82, 2.24) is 15.5 Å². The van der Waals surface area contributed by atoms with E-state index in [2.05, 4.69) is 47.3 Å². The summed E-state index contributed by atoms with van der Waals surface area (Å²) >= 11 is 5.43. The second-order valence-electron chi connectivity index (χ2n) is 12.9. The van der Waals surface area contributed by atoms with Gasteiger partial charge in [0.25, 0.3) is 0 Å². The summed E-state index contributed by atoms with van der Waals surface area (Å²) in [5, 5.41) is 16.8. The Bertz CT molecular complexity index is 1060. The molecule has 0 aromatic heterocycles. The lowest BCUT2D eigenvalue weighted by atomic mass is 9.70. The number of carbonyl (C=O) groups excluding carboxylic acids is 3. The van der Waals surface area contributed by atoms with Crippen molar-refractivity contribution in [3.05, 3.63) is 35.9 Å². The third-order valence-corrected chi connectivity index (χ3v) is 11.2. The summed E-state index contributed by atoms with van der Waals surface area (Å²) in [6, 6.07) is 7.89. The maximum absolute atomic E-state index is 14.4. The molecule has 4 rings (SSSR count). The highest BCUT2D eigenvalue weighted by Gasteiger charge is 2.76. The van der Waals surface area contributed by atoms with E-state index >= 15 is 0 Å². The van der Waals surface area contributed by atoms with Gasteiger partial charge in [-0.3, -0.25) is 14.4 Å². The van der Waals surface area contributed by atoms with E-state index in [9.17, 15) is 19.5 Å². The fraction of sp³-hybridized carbons (Fsp3) is 0.690. The SMILES string of the molecule is CCCNC(=O)[C@H]1[C@@H]2SC3(CC2Br)C(C(=O)NC(C)(C)CC(C)(C)C)N([C@H](CO)c2ccccc2)C(=O)[C@H]13. The average molecular weight is 609 g/mol. The van der Waals surface area contributed by atoms with E-state index < -0.39 is 34.2 Å². The molecule has 1 spiro atoms. The van der Waals surface area contributed by atoms with Crippen LogP contribution >= 0.6 is 27.7 Å². The van der Waals surface area contributed by atoms with E-state index in [0.717, 1.165) is 18.4 Å². The van der Waals surface area contributed by atoms with Crippen molar-refractivity contribution in [2.24, 2.45) is 17.3 Å². The summed E-state index contributed by atoms with van der Waals surface area (Å²) in [6.07, 6.45) is 2.17. The van der Waals surface area contributed by atoms with Crippen molar-refractivity contribution in [1.29, 1.82) is 0 Å². The monoisotopic (exact) mass is 607 g/mol. The Kier molecular flexibility index (Phi) is 8.33. The summed E-state index contributed by atoms with van der Waals surface area (Å²) in [7, 11) is 0. The Balaban J connectivity index is 1.79. The molecule has 7 nitrogen and oxygen atoms in total. The number of hydrogen-bond acceptors (Lipinski definition) is 5. The lowest BCUT2D eigenvalue weighted by Gasteiger charge is -2.40. The zero-order valence-corrected chi connectivity index (χ0v) is 25.7. The molecule has 3 amide bonds. The first-order chi connectivity index (χ1) is 17.8. The van der Waals surface area contributed by atoms with E-state index in [1.54, 1.807) is 16.7 Å². The molecule has 0 aliphatic carbocycles. The van der Waals surface area contributed by atoms with Crippen molar-refractivity contribution < 1.29 is 19.5 Å². The summed E-state index contributed by atoms with van der Waals surface area (Å²) in [4.78, 5) is 43.8. The molecule has 3 aliphatic heterocycles. The van der Waals surface area contributed by atoms with Gasteiger partial charge in [0.2, 0.25) is 17.7 Å². The van der Waals surface area contributed by atoms with Crippen LogP contribution in [0.5, 0.6) is 0 Å². The van der Waals surface area contributed by atoms with E-state index in [1.807, 2.05) is 51.1 Å². The zero-order chi connectivity index (χ0) is 28.0. The quantitative estimate of drug-likeness (QED) is 0.368. The minimum absolute atomic E-state index is 0.00949. The predicted octanol–water partition coefficient (Wildman–Crippen LogP) is 4.04. The molecule has 3 saturated heterocycles. The fourth-order valence-corrected chi connectivity index (χ4v) is 10.8. The Morgan fingerprint density at radius 2 is 1.84 bits per heavy atom. The number of aliphatic hydroxyl groups excluding tert-OH is 1. The first kappa shape index (κ1) is 29.4. The highest BCUT2D eigenvalue weighted by Crippen LogP contribution is 2.68. The zero-order valence-electron chi connectivity index (χ0n) is 23.3. The van der Waals surface area contributed by atoms with Gasteiger partial charge in [-0.25, -0.2) is 0 Å². The Morgan fingerprint density at radius 1 is 1.18 bits per heavy atom. The molecule has 3 unspecified atom stereocenters. The largest absolute Gasteiger partial charge is 0.394 e. The minimum Gasteiger partial charge on any atom is -0.394 e. The average Bonchev–Trinajstić information content (AvgIpc) is 3.40. The van der Waals surface area contributed by atoms with Gasteiger partial charge < -0.3 is 20.6 Å². The summed E-state index contributed by atoms with van der Waals surface area (Å²) in [5.74, 6) is -1.71. The molecule has 38 heavy (non-hydrogen) atoms. The van der Waals surface area contributed by atoms with Crippen LogP contribution in [-0.4, -0.2) is 67.3 Å². The molecule has 2 bridgehead atoms. The van der Waals surface area contributed by atoms with Crippen molar-refractivity contribution >= 4 is 45.4 Å². The molecular formula is C29H42BrN3O4S. The molecule has 0 saturated carbocycles. The predicted molar refractivity (Wildman–Crippen MR) is 155 cm³/mol. The second kappa shape index (κ2) is 10.8. The van der Waals surface area contributed by atoms with Crippen molar-refractivity contribution in [3.63, 3.8) is 0 Å². The Labute approximate surface area is 239 Å². The van der Waals surface area contributed by atoms with E-state index in [4.69, 9.17) is 0 Å². The van der Waals surface area contributed by atoms with Crippen LogP contribution in [0, 0.1) is 17.3 Å². The van der Waals surface area contributed by atoms with Gasteiger partial charge in [-0.15, -0.1) is 11.8 Å². The Hall–Kier alpha value is -1.58. The molecule has 9 heteroatoms. The summed E-state index contributed by atoms with van der Waals surface area (Å²) < 4.78 is -0.756. The van der Waals surface area contributed by atoms with Crippen LogP contribution in [0.25, 0.3) is 0 Å². The standard InChI is InChI=1S/C29H42BrN3O4S/c1-7-13-31-24(35)20-21-26(37)33(19(15-34)17-11-9-8-10-12-17)23(29(21)14-18(30)22(20)38-29)25(36)32-28(5,6)16-27(2,3)4/h8-12,18-23,34H,7,13-16H2,1-6H3,(H,31,35)(H,32,36)/t18?,19-,20-,21+,22-,23?,29?/m1/s1. The van der Waals surface area contributed by atoms with Crippen LogP contribution < -0.4 is 10.6 Å². The molecular weight excluding hydrogens is 566 g/mol. The molecule has 3 heterocycles. The Morgan fingerprint density at radius 3 is 2.42 bits per heavy atom. The van der Waals surface area contributed by atoms with Crippen LogP contribution in [-0.2, 0) is 14.4 Å². The number of alkyl halides is 1. The maximum atomic E-state index is 14.4. The van der Waals surface area contributed by atoms with Crippen molar-refractivity contribution in [2.75, 3.05) is 13.2 Å². The van der Waals surface area contributed by atoms with Gasteiger partial charge in [0.15, 0.2) is 0 Å². The number of benzene rings is 1. The summed E-state index contributed by atoms with van der Waals surface area (Å²) in [5.41, 5.74) is 0.255. The van der Waals surface area contributed by atoms with Gasteiger partial charge in [0, 0.05) is 22.2 Å². The van der Waals surface area contributed by atoms with Gasteiger partial charge in [-0.2, -0.15) is 0 Å². The summed E-state index contributed by atoms with van der Waals surface area (Å²) in [6.45, 7) is 12.7. The third-order valence-electron chi connectivity index (χ3n) is 7.95. The van der Waals surface area contributed by atoms with Crippen LogP contribution in [0.2, 0.25) is 0 Å². The van der Waals surface area contributed by atoms with Crippen LogP contribution in [0.3, 0.4) is 0 Å². The number of aliphatic hydroxyl groups is 1. The maximum Gasteiger partial charge on any atom is 0.244 e. The molecule has 7 atom stereocenters. The normalized spacial score (nSPS) is 31.3. The highest BCUT2D eigenvalue weighted by molar-refractivity contribution is 9.09. The molecule has 0 radical (unpaired) electrons. The lowest BCUT2D eigenvalue weighted by molar-refractivity contribution is -0.143. The number of likely N-dealkylation sites (tertiary alicyclic amines) is 1. The smallest absolute Gasteiger partial charge is 0.244 e. The van der Waals surface area contributed by atoms with Gasteiger partial charge in [-0.1, -0.05) is 74.0 Å². The van der Waals surface area contributed by atoms with Crippen LogP contribution in [0.15, 0.2) is 30.3 Å². The van der Waals surface area contributed by atoms with E-state index in [0.29, 0.717) is 13.0 Å². The molecule has 3 fully saturated rings. The number of halogens is 1. The first-order valence-corrected chi connectivity index (χ1v) is 15.5. The lowest BCUT2D eigenvalue weighted by Crippen LogP contribution is -2.59. The number of carbonyl (C=O) groups is 3. The van der Waals surface area contributed by atoms with Gasteiger partial charge >= 0.3 is 0 Å². The number of rotatable bonds is 9. The number of thioether (sulfide) groups is 1. The fourth-order valence-electron chi connectivity index (χ4n) is 7.17. The number of fused-ring (bicyclic) bond motifs is 1. The molecule has 210 valence electrons. The number of amides is 3. The molecule has 1 aromatic carbocycles. The molecule has 1 aromatic rings.